The molecule has 0 N–H and O–H groups in total. The number of likely N-dealkylation sites (N-methyl/N-ethyl adjacent to an activating group) is 1. The monoisotopic (exact) mass is 334 g/mol. The summed E-state index contributed by atoms with van der Waals surface area (Å²) >= 11 is 0. The largest absolute Gasteiger partial charge is 0.423 e. The highest BCUT2D eigenvalue weighted by Gasteiger charge is 2.21. The number of hydrogen-bond donors (Lipinski definition) is 0. The Morgan fingerprint density at radius 3 is 2.39 bits per heavy atom. The molecule has 1 rings (SSSR count). The SMILES string of the molecule is C=C(C)C(=O)N(C)CCCc1ccccc1[Si](OCC)OCC. The van der Waals surface area contributed by atoms with E-state index in [4.69, 9.17) is 8.85 Å². The third kappa shape index (κ3) is 6.29. The molecule has 0 aromatic heterocycles. The van der Waals surface area contributed by atoms with Gasteiger partial charge in [-0.2, -0.15) is 0 Å². The van der Waals surface area contributed by atoms with Crippen LogP contribution in [0.1, 0.15) is 32.8 Å². The fraction of sp³-hybridized carbons (Fsp3) is 0.500. The first kappa shape index (κ1) is 19.6. The normalized spacial score (nSPS) is 10.8. The fourth-order valence-electron chi connectivity index (χ4n) is 2.33. The standard InChI is InChI=1S/C18H28NO3Si/c1-6-21-23(22-7-2)17-13-9-8-11-16(17)12-10-14-19(5)18(20)15(3)4/h8-9,11,13H,3,6-7,10,12,14H2,1-2,4-5H3. The Hall–Kier alpha value is -1.43. The molecule has 0 unspecified atom stereocenters. The summed E-state index contributed by atoms with van der Waals surface area (Å²) in [5.41, 5.74) is 1.82. The number of hydrogen-bond acceptors (Lipinski definition) is 3. The van der Waals surface area contributed by atoms with E-state index in [1.807, 2.05) is 33.0 Å². The van der Waals surface area contributed by atoms with E-state index in [2.05, 4.69) is 18.7 Å². The van der Waals surface area contributed by atoms with Crippen LogP contribution in [0.15, 0.2) is 36.4 Å². The summed E-state index contributed by atoms with van der Waals surface area (Å²) in [5.74, 6) is 0.00618. The molecule has 0 aliphatic carbocycles. The van der Waals surface area contributed by atoms with Crippen LogP contribution >= 0.6 is 0 Å². The Morgan fingerprint density at radius 2 is 1.83 bits per heavy atom. The second-order valence-electron chi connectivity index (χ2n) is 5.42. The first-order chi connectivity index (χ1) is 11.0. The van der Waals surface area contributed by atoms with E-state index in [9.17, 15) is 4.79 Å². The van der Waals surface area contributed by atoms with Gasteiger partial charge in [-0.3, -0.25) is 4.79 Å². The van der Waals surface area contributed by atoms with Crippen LogP contribution in [0, 0.1) is 0 Å². The molecular weight excluding hydrogens is 306 g/mol. The molecule has 0 spiro atoms. The van der Waals surface area contributed by atoms with Gasteiger partial charge >= 0.3 is 9.28 Å². The second-order valence-corrected chi connectivity index (χ2v) is 7.11. The lowest BCUT2D eigenvalue weighted by molar-refractivity contribution is -0.125. The number of rotatable bonds is 10. The van der Waals surface area contributed by atoms with Crippen molar-refractivity contribution in [2.75, 3.05) is 26.8 Å². The average molecular weight is 335 g/mol. The predicted molar refractivity (Wildman–Crippen MR) is 95.9 cm³/mol. The maximum atomic E-state index is 11.8. The molecule has 127 valence electrons. The summed E-state index contributed by atoms with van der Waals surface area (Å²) in [6.07, 6.45) is 1.80. The van der Waals surface area contributed by atoms with Crippen molar-refractivity contribution in [3.8, 4) is 0 Å². The number of carbonyl (C=O) groups excluding carboxylic acids is 1. The lowest BCUT2D eigenvalue weighted by Crippen LogP contribution is -2.39. The molecule has 0 saturated heterocycles. The van der Waals surface area contributed by atoms with Gasteiger partial charge in [-0.25, -0.2) is 0 Å². The maximum absolute atomic E-state index is 11.8. The van der Waals surface area contributed by atoms with Gasteiger partial charge in [-0.05, 0) is 44.4 Å². The predicted octanol–water partition coefficient (Wildman–Crippen LogP) is 2.42. The summed E-state index contributed by atoms with van der Waals surface area (Å²) in [6.45, 7) is 11.4. The molecule has 5 heteroatoms. The highest BCUT2D eigenvalue weighted by atomic mass is 28.3. The third-order valence-corrected chi connectivity index (χ3v) is 5.47. The van der Waals surface area contributed by atoms with Crippen molar-refractivity contribution in [1.82, 2.24) is 4.90 Å². The van der Waals surface area contributed by atoms with Crippen LogP contribution in [0.5, 0.6) is 0 Å². The Labute approximate surface area is 141 Å². The minimum absolute atomic E-state index is 0.00618. The molecule has 1 radical (unpaired) electrons. The zero-order valence-corrected chi connectivity index (χ0v) is 15.7. The van der Waals surface area contributed by atoms with E-state index in [1.165, 1.54) is 10.8 Å². The summed E-state index contributed by atoms with van der Waals surface area (Å²) < 4.78 is 11.6. The second kappa shape index (κ2) is 10.4. The van der Waals surface area contributed by atoms with Gasteiger partial charge in [0.25, 0.3) is 0 Å². The molecule has 0 aliphatic rings. The van der Waals surface area contributed by atoms with Gasteiger partial charge in [0.15, 0.2) is 0 Å². The average Bonchev–Trinajstić information content (AvgIpc) is 2.54. The zero-order chi connectivity index (χ0) is 17.2. The zero-order valence-electron chi connectivity index (χ0n) is 14.7. The quantitative estimate of drug-likeness (QED) is 0.487. The van der Waals surface area contributed by atoms with Crippen LogP contribution in [-0.2, 0) is 20.1 Å². The molecule has 0 fully saturated rings. The van der Waals surface area contributed by atoms with Crippen LogP contribution in [-0.4, -0.2) is 46.9 Å². The Morgan fingerprint density at radius 1 is 1.22 bits per heavy atom. The van der Waals surface area contributed by atoms with Crippen LogP contribution in [0.2, 0.25) is 0 Å². The van der Waals surface area contributed by atoms with Gasteiger partial charge < -0.3 is 13.8 Å². The van der Waals surface area contributed by atoms with E-state index in [-0.39, 0.29) is 5.91 Å². The van der Waals surface area contributed by atoms with E-state index in [0.717, 1.165) is 12.8 Å². The Kier molecular flexibility index (Phi) is 8.84. The number of nitrogens with zero attached hydrogens (tertiary/aromatic N) is 1. The van der Waals surface area contributed by atoms with Crippen molar-refractivity contribution < 1.29 is 13.6 Å². The van der Waals surface area contributed by atoms with Crippen LogP contribution in [0.4, 0.5) is 0 Å². The van der Waals surface area contributed by atoms with Crippen molar-refractivity contribution in [2.45, 2.75) is 33.6 Å². The van der Waals surface area contributed by atoms with E-state index >= 15 is 0 Å². The third-order valence-electron chi connectivity index (χ3n) is 3.44. The molecule has 0 saturated carbocycles. The van der Waals surface area contributed by atoms with Crippen molar-refractivity contribution in [3.05, 3.63) is 42.0 Å². The summed E-state index contributed by atoms with van der Waals surface area (Å²) in [4.78, 5) is 13.5. The molecule has 1 aromatic rings. The van der Waals surface area contributed by atoms with Gasteiger partial charge in [0.1, 0.15) is 0 Å². The number of benzene rings is 1. The van der Waals surface area contributed by atoms with Gasteiger partial charge in [0, 0.05) is 32.4 Å². The fourth-order valence-corrected chi connectivity index (χ4v) is 3.95. The summed E-state index contributed by atoms with van der Waals surface area (Å²) in [7, 11) is 0.390. The van der Waals surface area contributed by atoms with E-state index in [0.29, 0.717) is 25.3 Å². The van der Waals surface area contributed by atoms with Gasteiger partial charge in [-0.1, -0.05) is 30.8 Å². The topological polar surface area (TPSA) is 38.8 Å². The summed E-state index contributed by atoms with van der Waals surface area (Å²) in [6, 6.07) is 8.29. The smallest absolute Gasteiger partial charge is 0.390 e. The first-order valence-corrected chi connectivity index (χ1v) is 9.44. The molecule has 23 heavy (non-hydrogen) atoms. The van der Waals surface area contributed by atoms with E-state index in [1.54, 1.807) is 11.8 Å². The molecule has 0 atom stereocenters. The molecule has 1 amide bonds. The Balaban J connectivity index is 2.70. The highest BCUT2D eigenvalue weighted by molar-refractivity contribution is 6.61. The molecular formula is C18H28NO3Si. The number of amides is 1. The lowest BCUT2D eigenvalue weighted by atomic mass is 10.1. The molecule has 1 aromatic carbocycles. The number of carbonyl (C=O) groups is 1. The molecule has 0 aliphatic heterocycles. The first-order valence-electron chi connectivity index (χ1n) is 8.13. The minimum Gasteiger partial charge on any atom is -0.390 e. The van der Waals surface area contributed by atoms with E-state index < -0.39 is 9.28 Å². The van der Waals surface area contributed by atoms with Crippen molar-refractivity contribution in [3.63, 3.8) is 0 Å². The van der Waals surface area contributed by atoms with Gasteiger partial charge in [0.2, 0.25) is 5.91 Å². The molecule has 4 nitrogen and oxygen atoms in total. The van der Waals surface area contributed by atoms with Crippen molar-refractivity contribution in [1.29, 1.82) is 0 Å². The van der Waals surface area contributed by atoms with Crippen LogP contribution in [0.25, 0.3) is 0 Å². The summed E-state index contributed by atoms with van der Waals surface area (Å²) in [5, 5.41) is 1.18. The maximum Gasteiger partial charge on any atom is 0.423 e. The van der Waals surface area contributed by atoms with Gasteiger partial charge in [0.05, 0.1) is 0 Å². The van der Waals surface area contributed by atoms with Crippen LogP contribution in [0.3, 0.4) is 0 Å². The van der Waals surface area contributed by atoms with Crippen molar-refractivity contribution >= 4 is 20.4 Å². The van der Waals surface area contributed by atoms with Crippen LogP contribution < -0.4 is 5.19 Å². The van der Waals surface area contributed by atoms with Gasteiger partial charge in [-0.15, -0.1) is 0 Å². The molecule has 0 heterocycles. The molecule has 0 bridgehead atoms. The minimum atomic E-state index is -1.43. The highest BCUT2D eigenvalue weighted by Crippen LogP contribution is 2.06. The Bertz CT molecular complexity index is 513. The van der Waals surface area contributed by atoms with Crippen molar-refractivity contribution in [2.24, 2.45) is 0 Å². The lowest BCUT2D eigenvalue weighted by Gasteiger charge is -2.19. The number of aryl methyl sites for hydroxylation is 1.